The van der Waals surface area contributed by atoms with E-state index in [2.05, 4.69) is 10.4 Å². The van der Waals surface area contributed by atoms with E-state index in [0.717, 1.165) is 17.8 Å². The zero-order chi connectivity index (χ0) is 14.8. The van der Waals surface area contributed by atoms with Gasteiger partial charge in [0.2, 0.25) is 0 Å². The van der Waals surface area contributed by atoms with E-state index in [9.17, 15) is 13.2 Å². The summed E-state index contributed by atoms with van der Waals surface area (Å²) in [7, 11) is 1.82. The summed E-state index contributed by atoms with van der Waals surface area (Å²) in [5.41, 5.74) is 0.593. The highest BCUT2D eigenvalue weighted by Gasteiger charge is 2.31. The van der Waals surface area contributed by atoms with E-state index in [1.807, 2.05) is 13.1 Å². The number of halogens is 4. The van der Waals surface area contributed by atoms with Crippen molar-refractivity contribution in [3.05, 3.63) is 46.7 Å². The van der Waals surface area contributed by atoms with Gasteiger partial charge in [0.05, 0.1) is 5.56 Å². The van der Waals surface area contributed by atoms with Crippen LogP contribution in [-0.4, -0.2) is 16.3 Å². The third-order valence-electron chi connectivity index (χ3n) is 2.86. The van der Waals surface area contributed by atoms with E-state index in [-0.39, 0.29) is 5.02 Å². The van der Waals surface area contributed by atoms with Crippen LogP contribution in [-0.2, 0) is 19.6 Å². The highest BCUT2D eigenvalue weighted by molar-refractivity contribution is 6.30. The Kier molecular flexibility index (Phi) is 4.23. The van der Waals surface area contributed by atoms with Crippen LogP contribution in [0.1, 0.15) is 11.3 Å². The normalized spacial score (nSPS) is 11.7. The quantitative estimate of drug-likeness (QED) is 0.932. The van der Waals surface area contributed by atoms with Crippen molar-refractivity contribution >= 4 is 17.3 Å². The van der Waals surface area contributed by atoms with Crippen molar-refractivity contribution < 1.29 is 13.2 Å². The summed E-state index contributed by atoms with van der Waals surface area (Å²) in [6.45, 7) is 0.497. The third-order valence-corrected chi connectivity index (χ3v) is 3.08. The maximum atomic E-state index is 12.6. The van der Waals surface area contributed by atoms with Gasteiger partial charge in [0, 0.05) is 42.6 Å². The summed E-state index contributed by atoms with van der Waals surface area (Å²) in [4.78, 5) is 0. The van der Waals surface area contributed by atoms with Crippen molar-refractivity contribution in [2.45, 2.75) is 12.6 Å². The predicted molar refractivity (Wildman–Crippen MR) is 71.9 cm³/mol. The van der Waals surface area contributed by atoms with Gasteiger partial charge in [-0.05, 0) is 24.3 Å². The average molecular weight is 304 g/mol. The van der Waals surface area contributed by atoms with E-state index in [0.29, 0.717) is 18.7 Å². The lowest BCUT2D eigenvalue weighted by atomic mass is 10.2. The highest BCUT2D eigenvalue weighted by Crippen LogP contribution is 2.33. The first-order chi connectivity index (χ1) is 9.36. The molecule has 0 spiro atoms. The van der Waals surface area contributed by atoms with Crippen LogP contribution in [0, 0.1) is 0 Å². The maximum absolute atomic E-state index is 12.6. The van der Waals surface area contributed by atoms with E-state index in [4.69, 9.17) is 11.6 Å². The molecule has 0 aliphatic rings. The molecule has 2 aromatic rings. The van der Waals surface area contributed by atoms with Crippen LogP contribution in [0.25, 0.3) is 0 Å². The number of aryl methyl sites for hydroxylation is 1. The van der Waals surface area contributed by atoms with Gasteiger partial charge in [-0.1, -0.05) is 11.6 Å². The molecule has 1 aromatic heterocycles. The van der Waals surface area contributed by atoms with Gasteiger partial charge in [-0.2, -0.15) is 18.3 Å². The standard InChI is InChI=1S/C13H13ClF3N3/c1-20-12(3-5-19-20)2-4-18-11-7-9(13(15,16)17)6-10(14)8-11/h3,5-8,18H,2,4H2,1H3. The summed E-state index contributed by atoms with van der Waals surface area (Å²) in [6, 6.07) is 5.30. The number of rotatable bonds is 4. The lowest BCUT2D eigenvalue weighted by Crippen LogP contribution is -2.10. The molecule has 2 rings (SSSR count). The van der Waals surface area contributed by atoms with Gasteiger partial charge in [0.15, 0.2) is 0 Å². The number of nitrogens with zero attached hydrogens (tertiary/aromatic N) is 2. The van der Waals surface area contributed by atoms with Crippen LogP contribution >= 0.6 is 11.6 Å². The van der Waals surface area contributed by atoms with Gasteiger partial charge >= 0.3 is 6.18 Å². The van der Waals surface area contributed by atoms with Crippen LogP contribution in [0.4, 0.5) is 18.9 Å². The number of nitrogens with one attached hydrogen (secondary N) is 1. The average Bonchev–Trinajstić information content (AvgIpc) is 2.73. The summed E-state index contributed by atoms with van der Waals surface area (Å²) in [5.74, 6) is 0. The fraction of sp³-hybridized carbons (Fsp3) is 0.308. The summed E-state index contributed by atoms with van der Waals surface area (Å²) in [6.07, 6.45) is -2.07. The van der Waals surface area contributed by atoms with E-state index in [1.54, 1.807) is 10.9 Å². The first kappa shape index (κ1) is 14.7. The van der Waals surface area contributed by atoms with Crippen molar-refractivity contribution in [2.75, 3.05) is 11.9 Å². The second-order valence-corrected chi connectivity index (χ2v) is 4.79. The number of alkyl halides is 3. The minimum absolute atomic E-state index is 0.0582. The number of hydrogen-bond donors (Lipinski definition) is 1. The first-order valence-corrected chi connectivity index (χ1v) is 6.32. The third kappa shape index (κ3) is 3.66. The molecular weight excluding hydrogens is 291 g/mol. The molecule has 0 saturated heterocycles. The van der Waals surface area contributed by atoms with Gasteiger partial charge < -0.3 is 5.32 Å². The Labute approximate surface area is 119 Å². The van der Waals surface area contributed by atoms with E-state index < -0.39 is 11.7 Å². The van der Waals surface area contributed by atoms with Crippen LogP contribution in [0.15, 0.2) is 30.5 Å². The molecule has 0 fully saturated rings. The molecule has 0 bridgehead atoms. The fourth-order valence-electron chi connectivity index (χ4n) is 1.84. The largest absolute Gasteiger partial charge is 0.416 e. The molecule has 0 aliphatic heterocycles. The molecule has 0 aliphatic carbocycles. The van der Waals surface area contributed by atoms with Gasteiger partial charge in [0.25, 0.3) is 0 Å². The Morgan fingerprint density at radius 3 is 2.65 bits per heavy atom. The number of aromatic nitrogens is 2. The molecule has 0 radical (unpaired) electrons. The lowest BCUT2D eigenvalue weighted by Gasteiger charge is -2.11. The number of benzene rings is 1. The van der Waals surface area contributed by atoms with E-state index in [1.165, 1.54) is 6.07 Å². The first-order valence-electron chi connectivity index (χ1n) is 5.95. The number of anilines is 1. The monoisotopic (exact) mass is 303 g/mol. The van der Waals surface area contributed by atoms with Gasteiger partial charge in [-0.15, -0.1) is 0 Å². The molecule has 7 heteroatoms. The molecule has 108 valence electrons. The second-order valence-electron chi connectivity index (χ2n) is 4.35. The topological polar surface area (TPSA) is 29.9 Å². The SMILES string of the molecule is Cn1nccc1CCNc1cc(Cl)cc(C(F)(F)F)c1. The lowest BCUT2D eigenvalue weighted by molar-refractivity contribution is -0.137. The molecule has 20 heavy (non-hydrogen) atoms. The van der Waals surface area contributed by atoms with Crippen molar-refractivity contribution in [3.8, 4) is 0 Å². The molecule has 3 nitrogen and oxygen atoms in total. The number of hydrogen-bond acceptors (Lipinski definition) is 2. The Bertz CT molecular complexity index is 593. The molecule has 0 atom stereocenters. The Balaban J connectivity index is 2.03. The van der Waals surface area contributed by atoms with Crippen LogP contribution in [0.3, 0.4) is 0 Å². The van der Waals surface area contributed by atoms with Crippen LogP contribution in [0.5, 0.6) is 0 Å². The molecule has 0 unspecified atom stereocenters. The highest BCUT2D eigenvalue weighted by atomic mass is 35.5. The molecule has 1 heterocycles. The summed E-state index contributed by atoms with van der Waals surface area (Å²) >= 11 is 5.71. The fourth-order valence-corrected chi connectivity index (χ4v) is 2.07. The zero-order valence-electron chi connectivity index (χ0n) is 10.7. The minimum atomic E-state index is -4.40. The molecular formula is C13H13ClF3N3. The van der Waals surface area contributed by atoms with Crippen LogP contribution < -0.4 is 5.32 Å². The van der Waals surface area contributed by atoms with Crippen molar-refractivity contribution in [1.29, 1.82) is 0 Å². The van der Waals surface area contributed by atoms with Gasteiger partial charge in [0.1, 0.15) is 0 Å². The van der Waals surface area contributed by atoms with Gasteiger partial charge in [-0.3, -0.25) is 4.68 Å². The summed E-state index contributed by atoms with van der Waals surface area (Å²) < 4.78 is 39.7. The zero-order valence-corrected chi connectivity index (χ0v) is 11.5. The molecule has 0 saturated carbocycles. The predicted octanol–water partition coefficient (Wildman–Crippen LogP) is 3.75. The molecule has 1 aromatic carbocycles. The Hall–Kier alpha value is -1.69. The van der Waals surface area contributed by atoms with Crippen LogP contribution in [0.2, 0.25) is 5.02 Å². The summed E-state index contributed by atoms with van der Waals surface area (Å²) in [5, 5.41) is 7.02. The van der Waals surface area contributed by atoms with Crippen molar-refractivity contribution in [1.82, 2.24) is 9.78 Å². The Morgan fingerprint density at radius 2 is 2.05 bits per heavy atom. The minimum Gasteiger partial charge on any atom is -0.385 e. The maximum Gasteiger partial charge on any atom is 0.416 e. The molecule has 0 amide bonds. The van der Waals surface area contributed by atoms with E-state index >= 15 is 0 Å². The van der Waals surface area contributed by atoms with Crippen molar-refractivity contribution in [2.24, 2.45) is 7.05 Å². The molecule has 1 N–H and O–H groups in total. The Morgan fingerprint density at radius 1 is 1.30 bits per heavy atom. The second kappa shape index (κ2) is 5.75. The van der Waals surface area contributed by atoms with Gasteiger partial charge in [-0.25, -0.2) is 0 Å². The smallest absolute Gasteiger partial charge is 0.385 e. The van der Waals surface area contributed by atoms with Crippen molar-refractivity contribution in [3.63, 3.8) is 0 Å².